The van der Waals surface area contributed by atoms with Gasteiger partial charge in [-0.3, -0.25) is 9.59 Å². The smallest absolute Gasteiger partial charge is 0.311 e. The number of thioether (sulfide) groups is 1. The Bertz CT molecular complexity index is 969. The Balaban J connectivity index is 1.49. The van der Waals surface area contributed by atoms with E-state index in [0.717, 1.165) is 17.8 Å². The van der Waals surface area contributed by atoms with E-state index in [1.807, 2.05) is 25.1 Å². The number of carbonyl (C=O) groups is 2. The zero-order chi connectivity index (χ0) is 20.6. The summed E-state index contributed by atoms with van der Waals surface area (Å²) in [7, 11) is 0. The summed E-state index contributed by atoms with van der Waals surface area (Å²) in [5.41, 5.74) is 3.75. The SMILES string of the molecule is CCOC(=O)Cc1csc(NC(=O)CSc2nc(Cc3ccccc3)c(C)[nH]2)n1. The normalized spacial score (nSPS) is 10.7. The first-order valence-corrected chi connectivity index (χ1v) is 11.0. The first-order valence-electron chi connectivity index (χ1n) is 9.15. The van der Waals surface area contributed by atoms with Gasteiger partial charge in [-0.15, -0.1) is 11.3 Å². The van der Waals surface area contributed by atoms with E-state index in [-0.39, 0.29) is 24.1 Å². The number of aromatic nitrogens is 3. The van der Waals surface area contributed by atoms with Crippen molar-refractivity contribution >= 4 is 40.1 Å². The lowest BCUT2D eigenvalue weighted by atomic mass is 10.1. The van der Waals surface area contributed by atoms with Crippen LogP contribution in [0.25, 0.3) is 0 Å². The molecule has 0 saturated carbocycles. The summed E-state index contributed by atoms with van der Waals surface area (Å²) < 4.78 is 4.90. The van der Waals surface area contributed by atoms with Gasteiger partial charge in [-0.2, -0.15) is 0 Å². The van der Waals surface area contributed by atoms with Crippen molar-refractivity contribution in [2.75, 3.05) is 17.7 Å². The lowest BCUT2D eigenvalue weighted by Crippen LogP contribution is -2.14. The number of ether oxygens (including phenoxy) is 1. The number of benzene rings is 1. The molecule has 1 amide bonds. The molecule has 0 radical (unpaired) electrons. The zero-order valence-corrected chi connectivity index (χ0v) is 17.9. The van der Waals surface area contributed by atoms with E-state index in [0.29, 0.717) is 22.6 Å². The van der Waals surface area contributed by atoms with Crippen LogP contribution in [0.3, 0.4) is 0 Å². The average molecular weight is 431 g/mol. The molecule has 0 spiro atoms. The second kappa shape index (κ2) is 10.2. The number of aryl methyl sites for hydroxylation is 1. The number of imidazole rings is 1. The quantitative estimate of drug-likeness (QED) is 0.398. The molecule has 1 aromatic carbocycles. The van der Waals surface area contributed by atoms with Crippen molar-refractivity contribution in [2.45, 2.75) is 31.8 Å². The van der Waals surface area contributed by atoms with Gasteiger partial charge in [0.2, 0.25) is 5.91 Å². The monoisotopic (exact) mass is 430 g/mol. The highest BCUT2D eigenvalue weighted by molar-refractivity contribution is 7.99. The summed E-state index contributed by atoms with van der Waals surface area (Å²) in [5, 5.41) is 5.68. The number of esters is 1. The van der Waals surface area contributed by atoms with E-state index in [1.54, 1.807) is 12.3 Å². The maximum absolute atomic E-state index is 12.2. The number of hydrogen-bond acceptors (Lipinski definition) is 7. The molecule has 7 nitrogen and oxygen atoms in total. The molecule has 3 aromatic rings. The van der Waals surface area contributed by atoms with Crippen LogP contribution in [-0.2, 0) is 27.2 Å². The number of carbonyl (C=O) groups excluding carboxylic acids is 2. The molecule has 0 bridgehead atoms. The Kier molecular flexibility index (Phi) is 7.42. The van der Waals surface area contributed by atoms with Crippen molar-refractivity contribution in [2.24, 2.45) is 0 Å². The molecule has 0 atom stereocenters. The fraction of sp³-hybridized carbons (Fsp3) is 0.300. The lowest BCUT2D eigenvalue weighted by Gasteiger charge is -2.00. The van der Waals surface area contributed by atoms with Crippen LogP contribution in [0.5, 0.6) is 0 Å². The van der Waals surface area contributed by atoms with Crippen LogP contribution < -0.4 is 5.32 Å². The molecule has 2 heterocycles. The Morgan fingerprint density at radius 2 is 2.03 bits per heavy atom. The Morgan fingerprint density at radius 3 is 2.79 bits per heavy atom. The fourth-order valence-corrected chi connectivity index (χ4v) is 4.06. The molecule has 0 saturated heterocycles. The summed E-state index contributed by atoms with van der Waals surface area (Å²) in [6.45, 7) is 4.08. The zero-order valence-electron chi connectivity index (χ0n) is 16.2. The molecule has 2 N–H and O–H groups in total. The van der Waals surface area contributed by atoms with Gasteiger partial charge in [0.1, 0.15) is 0 Å². The van der Waals surface area contributed by atoms with Crippen molar-refractivity contribution in [1.82, 2.24) is 15.0 Å². The van der Waals surface area contributed by atoms with Gasteiger partial charge in [-0.05, 0) is 19.4 Å². The summed E-state index contributed by atoms with van der Waals surface area (Å²) in [4.78, 5) is 35.8. The van der Waals surface area contributed by atoms with Gasteiger partial charge in [0.25, 0.3) is 0 Å². The van der Waals surface area contributed by atoms with E-state index in [4.69, 9.17) is 4.74 Å². The Morgan fingerprint density at radius 1 is 1.24 bits per heavy atom. The van der Waals surface area contributed by atoms with Gasteiger partial charge in [0, 0.05) is 17.5 Å². The number of anilines is 1. The lowest BCUT2D eigenvalue weighted by molar-refractivity contribution is -0.142. The van der Waals surface area contributed by atoms with Gasteiger partial charge < -0.3 is 15.0 Å². The molecule has 0 aliphatic rings. The Labute approximate surface area is 177 Å². The van der Waals surface area contributed by atoms with Gasteiger partial charge in [-0.1, -0.05) is 42.1 Å². The first kappa shape index (κ1) is 21.1. The van der Waals surface area contributed by atoms with Gasteiger partial charge in [-0.25, -0.2) is 9.97 Å². The minimum absolute atomic E-state index is 0.102. The van der Waals surface area contributed by atoms with Crippen molar-refractivity contribution < 1.29 is 14.3 Å². The van der Waals surface area contributed by atoms with Crippen LogP contribution in [0.2, 0.25) is 0 Å². The number of hydrogen-bond donors (Lipinski definition) is 2. The standard InChI is InChI=1S/C20H22N4O3S2/c1-3-27-18(26)10-15-11-28-20(22-15)24-17(25)12-29-19-21-13(2)16(23-19)9-14-7-5-4-6-8-14/h4-8,11H,3,9-10,12H2,1-2H3,(H,21,23)(H,22,24,25). The molecule has 2 aromatic heterocycles. The molecule has 9 heteroatoms. The minimum Gasteiger partial charge on any atom is -0.466 e. The molecule has 3 rings (SSSR count). The minimum atomic E-state index is -0.328. The maximum atomic E-state index is 12.2. The van der Waals surface area contributed by atoms with E-state index >= 15 is 0 Å². The molecule has 29 heavy (non-hydrogen) atoms. The van der Waals surface area contributed by atoms with Crippen molar-refractivity contribution in [3.8, 4) is 0 Å². The second-order valence-electron chi connectivity index (χ2n) is 6.24. The molecule has 0 aliphatic carbocycles. The number of rotatable bonds is 9. The first-order chi connectivity index (χ1) is 14.0. The van der Waals surface area contributed by atoms with Gasteiger partial charge in [0.15, 0.2) is 10.3 Å². The largest absolute Gasteiger partial charge is 0.466 e. The van der Waals surface area contributed by atoms with E-state index < -0.39 is 0 Å². The topological polar surface area (TPSA) is 97.0 Å². The second-order valence-corrected chi connectivity index (χ2v) is 8.06. The highest BCUT2D eigenvalue weighted by Crippen LogP contribution is 2.20. The van der Waals surface area contributed by atoms with Gasteiger partial charge >= 0.3 is 5.97 Å². The van der Waals surface area contributed by atoms with Crippen molar-refractivity contribution in [1.29, 1.82) is 0 Å². The predicted molar refractivity (Wildman–Crippen MR) is 114 cm³/mol. The van der Waals surface area contributed by atoms with Crippen LogP contribution in [0.1, 0.15) is 29.6 Å². The molecule has 0 unspecified atom stereocenters. The summed E-state index contributed by atoms with van der Waals surface area (Å²) in [6.07, 6.45) is 0.850. The third kappa shape index (κ3) is 6.43. The Hall–Kier alpha value is -2.65. The van der Waals surface area contributed by atoms with E-state index in [2.05, 4.69) is 32.4 Å². The van der Waals surface area contributed by atoms with Crippen molar-refractivity contribution in [3.05, 3.63) is 58.4 Å². The predicted octanol–water partition coefficient (Wildman–Crippen LogP) is 3.60. The number of H-pyrrole nitrogens is 1. The highest BCUT2D eigenvalue weighted by Gasteiger charge is 2.13. The summed E-state index contributed by atoms with van der Waals surface area (Å²) in [6, 6.07) is 10.1. The number of amides is 1. The van der Waals surface area contributed by atoms with Crippen LogP contribution in [0.15, 0.2) is 40.9 Å². The van der Waals surface area contributed by atoms with E-state index in [1.165, 1.54) is 28.7 Å². The third-order valence-electron chi connectivity index (χ3n) is 3.95. The van der Waals surface area contributed by atoms with Crippen LogP contribution in [-0.4, -0.2) is 39.2 Å². The number of thiazole rings is 1. The number of nitrogens with one attached hydrogen (secondary N) is 2. The van der Waals surface area contributed by atoms with Crippen LogP contribution in [0.4, 0.5) is 5.13 Å². The number of aromatic amines is 1. The molecule has 152 valence electrons. The summed E-state index contributed by atoms with van der Waals surface area (Å²) in [5.74, 6) is -0.290. The van der Waals surface area contributed by atoms with E-state index in [9.17, 15) is 9.59 Å². The summed E-state index contributed by atoms with van der Waals surface area (Å²) >= 11 is 2.63. The van der Waals surface area contributed by atoms with Crippen molar-refractivity contribution in [3.63, 3.8) is 0 Å². The van der Waals surface area contributed by atoms with Crippen LogP contribution in [0, 0.1) is 6.92 Å². The molecular weight excluding hydrogens is 408 g/mol. The highest BCUT2D eigenvalue weighted by atomic mass is 32.2. The maximum Gasteiger partial charge on any atom is 0.311 e. The number of nitrogens with zero attached hydrogens (tertiary/aromatic N) is 2. The average Bonchev–Trinajstić information content (AvgIpc) is 3.27. The van der Waals surface area contributed by atoms with Crippen LogP contribution >= 0.6 is 23.1 Å². The fourth-order valence-electron chi connectivity index (χ4n) is 2.59. The van der Waals surface area contributed by atoms with Gasteiger partial charge in [0.05, 0.1) is 30.2 Å². The molecule has 0 aliphatic heterocycles. The molecule has 0 fully saturated rings. The molecular formula is C20H22N4O3S2. The third-order valence-corrected chi connectivity index (χ3v) is 5.63.